The fraction of sp³-hybridized carbons (Fsp3) is 0.200. The number of imidazole rings is 1. The number of amides is 1. The molecule has 0 saturated carbocycles. The van der Waals surface area contributed by atoms with Crippen LogP contribution in [-0.2, 0) is 4.79 Å². The molecule has 0 saturated heterocycles. The van der Waals surface area contributed by atoms with Crippen LogP contribution in [0.15, 0.2) is 54.2 Å². The van der Waals surface area contributed by atoms with Crippen LogP contribution in [0.2, 0.25) is 0 Å². The van der Waals surface area contributed by atoms with Crippen LogP contribution in [0.4, 0.5) is 5.69 Å². The van der Waals surface area contributed by atoms with Gasteiger partial charge in [0.15, 0.2) is 0 Å². The van der Waals surface area contributed by atoms with Crippen molar-refractivity contribution in [1.29, 1.82) is 0 Å². The van der Waals surface area contributed by atoms with Crippen LogP contribution >= 0.6 is 0 Å². The van der Waals surface area contributed by atoms with Gasteiger partial charge >= 0.3 is 0 Å². The number of carbonyl (C=O) groups excluding carboxylic acids is 1. The smallest absolute Gasteiger partial charge is 0.248 e. The number of anilines is 1. The molecule has 0 fully saturated rings. The van der Waals surface area contributed by atoms with E-state index >= 15 is 0 Å². The number of fused-ring (bicyclic) bond motifs is 1. The number of hydrogen-bond donors (Lipinski definition) is 1. The maximum absolute atomic E-state index is 11.9. The van der Waals surface area contributed by atoms with Crippen molar-refractivity contribution >= 4 is 17.2 Å². The molecule has 0 unspecified atom stereocenters. The summed E-state index contributed by atoms with van der Waals surface area (Å²) in [4.78, 5) is 16.6. The molecule has 3 aromatic rings. The number of benzene rings is 1. The van der Waals surface area contributed by atoms with E-state index in [1.54, 1.807) is 13.2 Å². The first kappa shape index (κ1) is 16.8. The number of nitrogens with one attached hydrogen (secondary N) is 1. The molecule has 5 nitrogen and oxygen atoms in total. The van der Waals surface area contributed by atoms with Crippen molar-refractivity contribution in [3.8, 4) is 17.0 Å². The summed E-state index contributed by atoms with van der Waals surface area (Å²) in [6.45, 7) is 5.80. The topological polar surface area (TPSA) is 55.6 Å². The van der Waals surface area contributed by atoms with Gasteiger partial charge in [-0.15, -0.1) is 0 Å². The molecule has 0 spiro atoms. The number of methoxy groups -OCH3 is 1. The van der Waals surface area contributed by atoms with Gasteiger partial charge in [0.25, 0.3) is 0 Å². The first-order valence-corrected chi connectivity index (χ1v) is 8.07. The fourth-order valence-corrected chi connectivity index (χ4v) is 2.70. The van der Waals surface area contributed by atoms with E-state index in [0.717, 1.165) is 39.6 Å². The minimum absolute atomic E-state index is 0.132. The lowest BCUT2D eigenvalue weighted by Gasteiger charge is -2.05. The zero-order valence-corrected chi connectivity index (χ0v) is 14.8. The van der Waals surface area contributed by atoms with E-state index in [1.807, 2.05) is 67.8 Å². The van der Waals surface area contributed by atoms with Crippen LogP contribution < -0.4 is 10.1 Å². The molecule has 0 atom stereocenters. The van der Waals surface area contributed by atoms with Crippen LogP contribution in [0.5, 0.6) is 5.75 Å². The molecule has 2 aromatic heterocycles. The Hall–Kier alpha value is -3.08. The zero-order valence-electron chi connectivity index (χ0n) is 14.8. The summed E-state index contributed by atoms with van der Waals surface area (Å²) in [5.74, 6) is 0.682. The molecule has 5 heteroatoms. The third-order valence-corrected chi connectivity index (χ3v) is 3.91. The first-order chi connectivity index (χ1) is 12.0. The molecule has 3 rings (SSSR count). The molecule has 1 amide bonds. The second kappa shape index (κ2) is 6.81. The molecular weight excluding hydrogens is 314 g/mol. The highest BCUT2D eigenvalue weighted by Gasteiger charge is 2.11. The first-order valence-electron chi connectivity index (χ1n) is 8.07. The summed E-state index contributed by atoms with van der Waals surface area (Å²) in [5, 5.41) is 2.88. The summed E-state index contributed by atoms with van der Waals surface area (Å²) in [5.41, 5.74) is 5.48. The van der Waals surface area contributed by atoms with E-state index in [-0.39, 0.29) is 5.91 Å². The molecule has 0 aliphatic rings. The van der Waals surface area contributed by atoms with Crippen LogP contribution in [0.25, 0.3) is 16.9 Å². The van der Waals surface area contributed by atoms with Crippen molar-refractivity contribution in [2.24, 2.45) is 0 Å². The Morgan fingerprint density at radius 3 is 2.52 bits per heavy atom. The summed E-state index contributed by atoms with van der Waals surface area (Å²) in [6, 6.07) is 11.6. The van der Waals surface area contributed by atoms with Crippen LogP contribution in [-0.4, -0.2) is 22.4 Å². The molecule has 2 heterocycles. The van der Waals surface area contributed by atoms with E-state index in [1.165, 1.54) is 0 Å². The van der Waals surface area contributed by atoms with E-state index in [0.29, 0.717) is 0 Å². The maximum Gasteiger partial charge on any atom is 0.248 e. The van der Waals surface area contributed by atoms with Gasteiger partial charge < -0.3 is 14.5 Å². The van der Waals surface area contributed by atoms with Crippen molar-refractivity contribution in [3.63, 3.8) is 0 Å². The van der Waals surface area contributed by atoms with E-state index < -0.39 is 0 Å². The average molecular weight is 335 g/mol. The number of allylic oxidation sites excluding steroid dienone is 1. The number of aryl methyl sites for hydroxylation is 1. The maximum atomic E-state index is 11.9. The monoisotopic (exact) mass is 335 g/mol. The lowest BCUT2D eigenvalue weighted by Crippen LogP contribution is -2.09. The Balaban J connectivity index is 1.96. The summed E-state index contributed by atoms with van der Waals surface area (Å²) in [7, 11) is 1.65. The standard InChI is InChI=1S/C20H21N3O2/c1-13(2)11-19(24)21-16-7-10-18-22-20(14(3)23(18)12-16)15-5-8-17(25-4)9-6-15/h5-12H,1-4H3,(H,21,24). The molecule has 0 aliphatic carbocycles. The third kappa shape index (κ3) is 3.55. The van der Waals surface area contributed by atoms with Gasteiger partial charge in [0.05, 0.1) is 18.5 Å². The van der Waals surface area contributed by atoms with Crippen LogP contribution in [0.1, 0.15) is 19.5 Å². The molecular formula is C20H21N3O2. The van der Waals surface area contributed by atoms with Gasteiger partial charge in [-0.1, -0.05) is 5.57 Å². The number of nitrogens with zero attached hydrogens (tertiary/aromatic N) is 2. The highest BCUT2D eigenvalue weighted by atomic mass is 16.5. The molecule has 0 aliphatic heterocycles. The largest absolute Gasteiger partial charge is 0.497 e. The minimum atomic E-state index is -0.132. The molecule has 1 N–H and O–H groups in total. The quantitative estimate of drug-likeness (QED) is 0.726. The molecule has 1 aromatic carbocycles. The van der Waals surface area contributed by atoms with Gasteiger partial charge in [-0.25, -0.2) is 4.98 Å². The third-order valence-electron chi connectivity index (χ3n) is 3.91. The van der Waals surface area contributed by atoms with E-state index in [9.17, 15) is 4.79 Å². The second-order valence-electron chi connectivity index (χ2n) is 6.13. The summed E-state index contributed by atoms with van der Waals surface area (Å²) in [6.07, 6.45) is 3.47. The number of rotatable bonds is 4. The van der Waals surface area contributed by atoms with Gasteiger partial charge in [0.1, 0.15) is 11.4 Å². The van der Waals surface area contributed by atoms with Crippen LogP contribution in [0, 0.1) is 6.92 Å². The van der Waals surface area contributed by atoms with Crippen molar-refractivity contribution in [3.05, 3.63) is 59.9 Å². The van der Waals surface area contributed by atoms with Crippen molar-refractivity contribution in [2.45, 2.75) is 20.8 Å². The van der Waals surface area contributed by atoms with E-state index in [2.05, 4.69) is 5.32 Å². The second-order valence-corrected chi connectivity index (χ2v) is 6.13. The Morgan fingerprint density at radius 1 is 1.16 bits per heavy atom. The molecule has 25 heavy (non-hydrogen) atoms. The summed E-state index contributed by atoms with van der Waals surface area (Å²) >= 11 is 0. The number of carbonyl (C=O) groups is 1. The Morgan fingerprint density at radius 2 is 1.88 bits per heavy atom. The van der Waals surface area contributed by atoms with Crippen LogP contribution in [0.3, 0.4) is 0 Å². The van der Waals surface area contributed by atoms with E-state index in [4.69, 9.17) is 9.72 Å². The lowest BCUT2D eigenvalue weighted by atomic mass is 10.1. The number of hydrogen-bond acceptors (Lipinski definition) is 3. The Labute approximate surface area is 147 Å². The molecule has 0 bridgehead atoms. The number of pyridine rings is 1. The van der Waals surface area contributed by atoms with Crippen molar-refractivity contribution in [1.82, 2.24) is 9.38 Å². The Kier molecular flexibility index (Phi) is 4.57. The predicted molar refractivity (Wildman–Crippen MR) is 100.0 cm³/mol. The highest BCUT2D eigenvalue weighted by Crippen LogP contribution is 2.26. The SMILES string of the molecule is COc1ccc(-c2nc3ccc(NC(=O)C=C(C)C)cn3c2C)cc1. The minimum Gasteiger partial charge on any atom is -0.497 e. The number of aromatic nitrogens is 2. The molecule has 128 valence electrons. The fourth-order valence-electron chi connectivity index (χ4n) is 2.70. The van der Waals surface area contributed by atoms with Gasteiger partial charge in [-0.2, -0.15) is 0 Å². The highest BCUT2D eigenvalue weighted by molar-refractivity contribution is 5.99. The van der Waals surface area contributed by atoms with Gasteiger partial charge in [-0.3, -0.25) is 4.79 Å². The zero-order chi connectivity index (χ0) is 18.0. The van der Waals surface area contributed by atoms with Crippen molar-refractivity contribution < 1.29 is 9.53 Å². The average Bonchev–Trinajstić information content (AvgIpc) is 2.91. The van der Waals surface area contributed by atoms with Gasteiger partial charge in [0.2, 0.25) is 5.91 Å². The normalized spacial score (nSPS) is 10.6. The predicted octanol–water partition coefficient (Wildman–Crippen LogP) is 4.22. The number of ether oxygens (including phenoxy) is 1. The van der Waals surface area contributed by atoms with Crippen molar-refractivity contribution in [2.75, 3.05) is 12.4 Å². The summed E-state index contributed by atoms with van der Waals surface area (Å²) < 4.78 is 7.19. The van der Waals surface area contributed by atoms with Gasteiger partial charge in [0, 0.05) is 23.5 Å². The molecule has 0 radical (unpaired) electrons. The lowest BCUT2D eigenvalue weighted by molar-refractivity contribution is -0.111. The van der Waals surface area contributed by atoms with Gasteiger partial charge in [-0.05, 0) is 57.2 Å². The Bertz CT molecular complexity index is 949.